The van der Waals surface area contributed by atoms with E-state index in [1.807, 2.05) is 6.07 Å². The third kappa shape index (κ3) is 6.34. The molecule has 254 valence electrons. The van der Waals surface area contributed by atoms with E-state index in [1.165, 1.54) is 26.5 Å². The zero-order valence-electron chi connectivity index (χ0n) is 26.4. The van der Waals surface area contributed by atoms with E-state index in [4.69, 9.17) is 23.2 Å². The fraction of sp³-hybridized carbons (Fsp3) is 0.0286. The Morgan fingerprint density at radius 1 is 0.549 bits per heavy atom. The maximum Gasteiger partial charge on any atom is 0.269 e. The highest BCUT2D eigenvalue weighted by atomic mass is 35.5. The number of hydrogen-bond acceptors (Lipinski definition) is 10. The van der Waals surface area contributed by atoms with Gasteiger partial charge in [-0.05, 0) is 90.8 Å². The smallest absolute Gasteiger partial charge is 0.237 e. The maximum absolute atomic E-state index is 13.2. The van der Waals surface area contributed by atoms with Crippen LogP contribution in [0.2, 0.25) is 10.6 Å². The minimum atomic E-state index is -3.82. The first-order valence-corrected chi connectivity index (χ1v) is 18.7. The molecule has 0 atom stereocenters. The zero-order chi connectivity index (χ0) is 35.8. The molecule has 0 saturated heterocycles. The molecule has 0 aliphatic heterocycles. The van der Waals surface area contributed by atoms with E-state index in [9.17, 15) is 16.8 Å². The summed E-state index contributed by atoms with van der Waals surface area (Å²) in [5.74, 6) is 0. The van der Waals surface area contributed by atoms with Crippen LogP contribution < -0.4 is 0 Å². The van der Waals surface area contributed by atoms with Crippen molar-refractivity contribution in [2.24, 2.45) is 0 Å². The number of aromatic nitrogens is 8. The molecule has 0 spiro atoms. The molecule has 51 heavy (non-hydrogen) atoms. The highest BCUT2D eigenvalue weighted by molar-refractivity contribution is 7.90. The van der Waals surface area contributed by atoms with Gasteiger partial charge in [-0.25, -0.2) is 54.7 Å². The van der Waals surface area contributed by atoms with Gasteiger partial charge in [0.1, 0.15) is 0 Å². The Morgan fingerprint density at radius 2 is 1.08 bits per heavy atom. The molecule has 8 rings (SSSR count). The normalized spacial score (nSPS) is 11.7. The number of benzene rings is 2. The van der Waals surface area contributed by atoms with Gasteiger partial charge in [-0.3, -0.25) is 0 Å². The highest BCUT2D eigenvalue weighted by Crippen LogP contribution is 2.35. The number of fused-ring (bicyclic) bond motifs is 2. The number of nitrogens with zero attached hydrogens (tertiary/aromatic N) is 8. The van der Waals surface area contributed by atoms with E-state index < -0.39 is 20.0 Å². The Labute approximate surface area is 302 Å². The minimum absolute atomic E-state index is 0.0909. The van der Waals surface area contributed by atoms with E-state index in [2.05, 4.69) is 29.9 Å². The highest BCUT2D eigenvalue weighted by Gasteiger charge is 2.27. The standard InChI is InChI=1S/C18H13ClN4O2S.C17H11ClN4O2S/c1-12-16(15-9-11-21-18(19)22-15)14-8-5-10-20-17(14)23(12)26(24,25)13-6-3-2-4-7-13;18-17-20-10-8-15(21-17)14-11-22(16-13(14)7-4-9-19-16)25(23,24)12-5-2-1-3-6-12/h2-11H,1H3;1-11H. The van der Waals surface area contributed by atoms with Crippen LogP contribution in [0.25, 0.3) is 44.6 Å². The first-order valence-electron chi connectivity index (χ1n) is 15.1. The van der Waals surface area contributed by atoms with E-state index in [1.54, 1.807) is 110 Å². The quantitative estimate of drug-likeness (QED) is 0.161. The average Bonchev–Trinajstić information content (AvgIpc) is 3.69. The zero-order valence-corrected chi connectivity index (χ0v) is 29.6. The second kappa shape index (κ2) is 13.6. The summed E-state index contributed by atoms with van der Waals surface area (Å²) >= 11 is 11.8. The summed E-state index contributed by atoms with van der Waals surface area (Å²) in [5, 5.41) is 1.53. The molecule has 0 radical (unpaired) electrons. The van der Waals surface area contributed by atoms with Crippen LogP contribution in [0.5, 0.6) is 0 Å². The van der Waals surface area contributed by atoms with Crippen molar-refractivity contribution in [2.75, 3.05) is 0 Å². The van der Waals surface area contributed by atoms with Crippen LogP contribution in [0.3, 0.4) is 0 Å². The van der Waals surface area contributed by atoms with Crippen molar-refractivity contribution in [1.29, 1.82) is 0 Å². The lowest BCUT2D eigenvalue weighted by Crippen LogP contribution is -2.15. The van der Waals surface area contributed by atoms with Crippen LogP contribution in [0.1, 0.15) is 5.69 Å². The Morgan fingerprint density at radius 3 is 1.69 bits per heavy atom. The van der Waals surface area contributed by atoms with Gasteiger partial charge in [-0.1, -0.05) is 36.4 Å². The average molecular weight is 756 g/mol. The van der Waals surface area contributed by atoms with Gasteiger partial charge in [0.2, 0.25) is 10.6 Å². The van der Waals surface area contributed by atoms with Gasteiger partial charge in [0, 0.05) is 58.6 Å². The van der Waals surface area contributed by atoms with Gasteiger partial charge in [0.05, 0.1) is 21.2 Å². The van der Waals surface area contributed by atoms with E-state index in [0.717, 1.165) is 0 Å². The van der Waals surface area contributed by atoms with Crippen molar-refractivity contribution in [3.63, 3.8) is 0 Å². The van der Waals surface area contributed by atoms with Crippen LogP contribution in [0.15, 0.2) is 138 Å². The summed E-state index contributed by atoms with van der Waals surface area (Å²) in [6.45, 7) is 1.73. The first kappa shape index (κ1) is 33.9. The molecule has 0 fully saturated rings. The van der Waals surface area contributed by atoms with Crippen molar-refractivity contribution in [1.82, 2.24) is 37.8 Å². The number of hydrogen-bond donors (Lipinski definition) is 0. The molecule has 6 heterocycles. The van der Waals surface area contributed by atoms with Gasteiger partial charge in [-0.2, -0.15) is 0 Å². The first-order chi connectivity index (χ1) is 24.6. The Balaban J connectivity index is 0.000000159. The predicted octanol–water partition coefficient (Wildman–Crippen LogP) is 7.08. The fourth-order valence-electron chi connectivity index (χ4n) is 5.61. The van der Waals surface area contributed by atoms with Crippen LogP contribution in [-0.2, 0) is 20.0 Å². The van der Waals surface area contributed by atoms with Gasteiger partial charge < -0.3 is 0 Å². The molecule has 0 saturated carbocycles. The summed E-state index contributed by atoms with van der Waals surface area (Å²) in [5.41, 5.74) is 3.54. The molecule has 0 aliphatic rings. The topological polar surface area (TPSA) is 155 Å². The molecule has 0 N–H and O–H groups in total. The van der Waals surface area contributed by atoms with Crippen molar-refractivity contribution in [2.45, 2.75) is 16.7 Å². The molecule has 0 unspecified atom stereocenters. The summed E-state index contributed by atoms with van der Waals surface area (Å²) in [6.07, 6.45) is 7.69. The third-order valence-corrected chi connectivity index (χ3v) is 11.6. The Kier molecular flexibility index (Phi) is 9.08. The maximum atomic E-state index is 13.2. The lowest BCUT2D eigenvalue weighted by molar-refractivity contribution is 0.586. The molecule has 8 aromatic rings. The number of pyridine rings is 2. The van der Waals surface area contributed by atoms with Gasteiger partial charge >= 0.3 is 0 Å². The van der Waals surface area contributed by atoms with Gasteiger partial charge in [0.25, 0.3) is 20.0 Å². The minimum Gasteiger partial charge on any atom is -0.237 e. The van der Waals surface area contributed by atoms with Crippen LogP contribution in [0.4, 0.5) is 0 Å². The summed E-state index contributed by atoms with van der Waals surface area (Å²) in [4.78, 5) is 25.1. The molecule has 2 aromatic carbocycles. The van der Waals surface area contributed by atoms with Gasteiger partial charge in [-0.15, -0.1) is 0 Å². The Hall–Kier alpha value is -5.54. The second-order valence-electron chi connectivity index (χ2n) is 10.9. The molecular weight excluding hydrogens is 731 g/mol. The van der Waals surface area contributed by atoms with Gasteiger partial charge in [0.15, 0.2) is 11.3 Å². The van der Waals surface area contributed by atoms with E-state index >= 15 is 0 Å². The molecular formula is C35H24Cl2N8O4S2. The largest absolute Gasteiger partial charge is 0.269 e. The molecule has 16 heteroatoms. The molecule has 0 aliphatic carbocycles. The third-order valence-electron chi connectivity index (χ3n) is 7.81. The van der Waals surface area contributed by atoms with Crippen molar-refractivity contribution < 1.29 is 16.8 Å². The molecule has 0 bridgehead atoms. The van der Waals surface area contributed by atoms with Crippen LogP contribution in [-0.4, -0.2) is 54.7 Å². The Bertz CT molecular complexity index is 2780. The second-order valence-corrected chi connectivity index (χ2v) is 15.1. The monoisotopic (exact) mass is 754 g/mol. The summed E-state index contributed by atoms with van der Waals surface area (Å²) in [7, 11) is -7.60. The summed E-state index contributed by atoms with van der Waals surface area (Å²) in [6, 6.07) is 27.0. The van der Waals surface area contributed by atoms with Crippen molar-refractivity contribution in [3.8, 4) is 22.5 Å². The van der Waals surface area contributed by atoms with E-state index in [-0.39, 0.29) is 20.4 Å². The SMILES string of the molecule is Cc1c(-c2ccnc(Cl)n2)c2cccnc2n1S(=O)(=O)c1ccccc1.O=S(=O)(c1ccccc1)n1cc(-c2ccnc(Cl)n2)c2cccnc21. The lowest BCUT2D eigenvalue weighted by atomic mass is 10.1. The van der Waals surface area contributed by atoms with E-state index in [0.29, 0.717) is 50.3 Å². The molecule has 12 nitrogen and oxygen atoms in total. The van der Waals surface area contributed by atoms with Crippen LogP contribution in [0, 0.1) is 6.92 Å². The predicted molar refractivity (Wildman–Crippen MR) is 194 cm³/mol. The fourth-order valence-corrected chi connectivity index (χ4v) is 8.78. The lowest BCUT2D eigenvalue weighted by Gasteiger charge is -2.09. The van der Waals surface area contributed by atoms with Crippen molar-refractivity contribution in [3.05, 3.63) is 144 Å². The van der Waals surface area contributed by atoms with Crippen LogP contribution >= 0.6 is 23.2 Å². The molecule has 0 amide bonds. The number of rotatable bonds is 6. The van der Waals surface area contributed by atoms with Crippen molar-refractivity contribution >= 4 is 65.3 Å². The number of halogens is 2. The molecule has 6 aromatic heterocycles. The summed E-state index contributed by atoms with van der Waals surface area (Å²) < 4.78 is 55.0.